The van der Waals surface area contributed by atoms with Crippen molar-refractivity contribution >= 4 is 26.6 Å². The Kier molecular flexibility index (Phi) is 2.80. The second-order valence-corrected chi connectivity index (χ2v) is 5.06. The van der Waals surface area contributed by atoms with Crippen molar-refractivity contribution in [2.75, 3.05) is 12.8 Å². The summed E-state index contributed by atoms with van der Waals surface area (Å²) < 4.78 is 36.5. The summed E-state index contributed by atoms with van der Waals surface area (Å²) in [6.07, 6.45) is 0. The Bertz CT molecular complexity index is 724. The molecule has 96 valence electrons. The average Bonchev–Trinajstić information content (AvgIpc) is 2.28. The number of ether oxygens (including phenoxy) is 1. The molecule has 0 aromatic heterocycles. The zero-order valence-corrected chi connectivity index (χ0v) is 10.2. The Morgan fingerprint density at radius 2 is 2.00 bits per heavy atom. The standard InChI is InChI=1S/C11H11NO5S/c1-17-11-9-6(3-2-4-7(9)13)5-8(10(11)12)18(14,15)16/h2-5,13H,12H2,1H3,(H,14,15,16). The zero-order chi connectivity index (χ0) is 13.5. The zero-order valence-electron chi connectivity index (χ0n) is 9.41. The lowest BCUT2D eigenvalue weighted by atomic mass is 10.1. The molecule has 2 rings (SSSR count). The molecule has 4 N–H and O–H groups in total. The summed E-state index contributed by atoms with van der Waals surface area (Å²) in [7, 11) is -3.16. The molecular weight excluding hydrogens is 258 g/mol. The maximum absolute atomic E-state index is 11.2. The molecule has 0 aliphatic rings. The van der Waals surface area contributed by atoms with Gasteiger partial charge in [-0.25, -0.2) is 0 Å². The van der Waals surface area contributed by atoms with Crippen molar-refractivity contribution < 1.29 is 22.8 Å². The Hall–Kier alpha value is -1.99. The quantitative estimate of drug-likeness (QED) is 0.561. The molecule has 0 radical (unpaired) electrons. The number of nitrogen functional groups attached to an aromatic ring is 1. The van der Waals surface area contributed by atoms with E-state index in [4.69, 9.17) is 15.0 Å². The number of fused-ring (bicyclic) bond motifs is 1. The van der Waals surface area contributed by atoms with E-state index in [1.807, 2.05) is 0 Å². The van der Waals surface area contributed by atoms with Gasteiger partial charge in [-0.1, -0.05) is 12.1 Å². The normalized spacial score (nSPS) is 11.7. The van der Waals surface area contributed by atoms with E-state index < -0.39 is 15.0 Å². The maximum atomic E-state index is 11.2. The van der Waals surface area contributed by atoms with Crippen molar-refractivity contribution in [1.29, 1.82) is 0 Å². The van der Waals surface area contributed by atoms with Gasteiger partial charge >= 0.3 is 0 Å². The number of benzene rings is 2. The largest absolute Gasteiger partial charge is 0.507 e. The third kappa shape index (κ3) is 1.83. The van der Waals surface area contributed by atoms with Crippen LogP contribution in [0.1, 0.15) is 0 Å². The van der Waals surface area contributed by atoms with Gasteiger partial charge in [0.1, 0.15) is 10.6 Å². The molecule has 2 aromatic carbocycles. The van der Waals surface area contributed by atoms with Crippen molar-refractivity contribution in [3.63, 3.8) is 0 Å². The predicted molar refractivity (Wildman–Crippen MR) is 66.4 cm³/mol. The van der Waals surface area contributed by atoms with Crippen LogP contribution in [0.3, 0.4) is 0 Å². The third-order valence-electron chi connectivity index (χ3n) is 2.58. The van der Waals surface area contributed by atoms with Crippen molar-refractivity contribution in [1.82, 2.24) is 0 Å². The second kappa shape index (κ2) is 4.04. The first-order valence-corrected chi connectivity index (χ1v) is 6.36. The molecule has 7 heteroatoms. The second-order valence-electron chi connectivity index (χ2n) is 3.67. The minimum absolute atomic E-state index is 0.0122. The lowest BCUT2D eigenvalue weighted by molar-refractivity contribution is 0.416. The number of phenolic OH excluding ortho intramolecular Hbond substituents is 1. The van der Waals surface area contributed by atoms with Crippen LogP contribution in [0.5, 0.6) is 11.5 Å². The van der Waals surface area contributed by atoms with Gasteiger partial charge in [0.15, 0.2) is 5.75 Å². The first kappa shape index (κ1) is 12.5. The van der Waals surface area contributed by atoms with Gasteiger partial charge in [-0.15, -0.1) is 0 Å². The highest BCUT2D eigenvalue weighted by atomic mass is 32.2. The molecule has 18 heavy (non-hydrogen) atoms. The SMILES string of the molecule is COc1c(N)c(S(=O)(=O)O)cc2cccc(O)c12. The van der Waals surface area contributed by atoms with Gasteiger partial charge in [0.2, 0.25) is 0 Å². The van der Waals surface area contributed by atoms with E-state index in [2.05, 4.69) is 0 Å². The minimum atomic E-state index is -4.46. The number of methoxy groups -OCH3 is 1. The molecule has 0 amide bonds. The van der Waals surface area contributed by atoms with Crippen LogP contribution in [0, 0.1) is 0 Å². The van der Waals surface area contributed by atoms with Crippen molar-refractivity contribution in [2.45, 2.75) is 4.90 Å². The van der Waals surface area contributed by atoms with E-state index in [0.29, 0.717) is 10.8 Å². The van der Waals surface area contributed by atoms with Crippen LogP contribution in [0.15, 0.2) is 29.2 Å². The molecule has 0 bridgehead atoms. The van der Waals surface area contributed by atoms with Gasteiger partial charge in [-0.2, -0.15) is 8.42 Å². The number of hydrogen-bond acceptors (Lipinski definition) is 5. The summed E-state index contributed by atoms with van der Waals surface area (Å²) in [5, 5.41) is 10.4. The smallest absolute Gasteiger partial charge is 0.296 e. The van der Waals surface area contributed by atoms with Gasteiger partial charge in [-0.05, 0) is 17.5 Å². The highest BCUT2D eigenvalue weighted by Crippen LogP contribution is 2.41. The fourth-order valence-electron chi connectivity index (χ4n) is 1.82. The number of phenols is 1. The molecule has 0 atom stereocenters. The van der Waals surface area contributed by atoms with E-state index in [-0.39, 0.29) is 17.2 Å². The monoisotopic (exact) mass is 269 g/mol. The summed E-state index contributed by atoms with van der Waals surface area (Å²) in [5.74, 6) is -0.0730. The molecule has 0 fully saturated rings. The summed E-state index contributed by atoms with van der Waals surface area (Å²) in [5.41, 5.74) is 5.40. The highest BCUT2D eigenvalue weighted by molar-refractivity contribution is 7.86. The summed E-state index contributed by atoms with van der Waals surface area (Å²) in [6.45, 7) is 0. The van der Waals surface area contributed by atoms with Gasteiger partial charge in [0.25, 0.3) is 10.1 Å². The molecule has 0 aliphatic carbocycles. The van der Waals surface area contributed by atoms with Crippen molar-refractivity contribution in [3.8, 4) is 11.5 Å². The van der Waals surface area contributed by atoms with Crippen molar-refractivity contribution in [3.05, 3.63) is 24.3 Å². The fourth-order valence-corrected chi connectivity index (χ4v) is 2.46. The molecule has 6 nitrogen and oxygen atoms in total. The maximum Gasteiger partial charge on any atom is 0.296 e. The van der Waals surface area contributed by atoms with Crippen LogP contribution < -0.4 is 10.5 Å². The van der Waals surface area contributed by atoms with E-state index in [9.17, 15) is 13.5 Å². The third-order valence-corrected chi connectivity index (χ3v) is 3.47. The van der Waals surface area contributed by atoms with Gasteiger partial charge in [0.05, 0.1) is 18.2 Å². The molecule has 0 saturated heterocycles. The van der Waals surface area contributed by atoms with Crippen LogP contribution in [-0.4, -0.2) is 25.2 Å². The number of nitrogens with two attached hydrogens (primary N) is 1. The molecule has 2 aromatic rings. The molecule has 0 unspecified atom stereocenters. The number of hydrogen-bond donors (Lipinski definition) is 3. The highest BCUT2D eigenvalue weighted by Gasteiger charge is 2.21. The number of aromatic hydroxyl groups is 1. The average molecular weight is 269 g/mol. The fraction of sp³-hybridized carbons (Fsp3) is 0.0909. The topological polar surface area (TPSA) is 110 Å². The van der Waals surface area contributed by atoms with E-state index in [1.165, 1.54) is 19.2 Å². The van der Waals surface area contributed by atoms with Crippen molar-refractivity contribution in [2.24, 2.45) is 0 Å². The van der Waals surface area contributed by atoms with E-state index in [1.54, 1.807) is 12.1 Å². The molecule has 0 saturated carbocycles. The van der Waals surface area contributed by atoms with Crippen LogP contribution in [0.4, 0.5) is 5.69 Å². The van der Waals surface area contributed by atoms with E-state index >= 15 is 0 Å². The molecule has 0 heterocycles. The predicted octanol–water partition coefficient (Wildman–Crippen LogP) is 1.38. The summed E-state index contributed by atoms with van der Waals surface area (Å²) in [6, 6.07) is 5.73. The lowest BCUT2D eigenvalue weighted by Gasteiger charge is -2.13. The van der Waals surface area contributed by atoms with Crippen LogP contribution in [0.2, 0.25) is 0 Å². The van der Waals surface area contributed by atoms with Gasteiger partial charge in [0, 0.05) is 0 Å². The van der Waals surface area contributed by atoms with Gasteiger partial charge in [-0.3, -0.25) is 4.55 Å². The lowest BCUT2D eigenvalue weighted by Crippen LogP contribution is -2.05. The summed E-state index contributed by atoms with van der Waals surface area (Å²) >= 11 is 0. The Morgan fingerprint density at radius 3 is 2.56 bits per heavy atom. The summed E-state index contributed by atoms with van der Waals surface area (Å²) in [4.78, 5) is -0.447. The Morgan fingerprint density at radius 1 is 1.33 bits per heavy atom. The molecule has 0 aliphatic heterocycles. The van der Waals surface area contributed by atoms with E-state index in [0.717, 1.165) is 0 Å². The number of anilines is 1. The van der Waals surface area contributed by atoms with Crippen LogP contribution in [0.25, 0.3) is 10.8 Å². The van der Waals surface area contributed by atoms with Crippen LogP contribution in [-0.2, 0) is 10.1 Å². The minimum Gasteiger partial charge on any atom is -0.507 e. The molecule has 0 spiro atoms. The van der Waals surface area contributed by atoms with Crippen LogP contribution >= 0.6 is 0 Å². The molecular formula is C11H11NO5S. The Balaban J connectivity index is 3.01. The Labute approximate surface area is 103 Å². The van der Waals surface area contributed by atoms with Gasteiger partial charge < -0.3 is 15.6 Å². The first-order chi connectivity index (χ1) is 8.36. The first-order valence-electron chi connectivity index (χ1n) is 4.92. The number of rotatable bonds is 2.